The van der Waals surface area contributed by atoms with Gasteiger partial charge in [0.2, 0.25) is 6.23 Å². The summed E-state index contributed by atoms with van der Waals surface area (Å²) in [5, 5.41) is 22.8. The molecule has 49 heavy (non-hydrogen) atoms. The number of rotatable bonds is 11. The summed E-state index contributed by atoms with van der Waals surface area (Å²) in [5.74, 6) is -0.0823. The first-order valence-corrected chi connectivity index (χ1v) is 15.1. The van der Waals surface area contributed by atoms with Gasteiger partial charge in [-0.2, -0.15) is 18.3 Å². The van der Waals surface area contributed by atoms with Gasteiger partial charge in [0, 0.05) is 16.1 Å². The zero-order chi connectivity index (χ0) is 36.2. The molecule has 0 radical (unpaired) electrons. The van der Waals surface area contributed by atoms with Crippen LogP contribution < -0.4 is 4.74 Å². The fraction of sp³-hybridized carbons (Fsp3) is 0.324. The summed E-state index contributed by atoms with van der Waals surface area (Å²) in [6.07, 6.45) is -2.91. The van der Waals surface area contributed by atoms with Crippen LogP contribution in [-0.2, 0) is 32.0 Å². The Balaban J connectivity index is 0.000000284. The van der Waals surface area contributed by atoms with Crippen molar-refractivity contribution in [2.24, 2.45) is 15.7 Å². The molecule has 0 spiro atoms. The van der Waals surface area contributed by atoms with Gasteiger partial charge >= 0.3 is 12.1 Å². The quantitative estimate of drug-likeness (QED) is 0.0997. The Morgan fingerprint density at radius 3 is 2.29 bits per heavy atom. The molecule has 0 bridgehead atoms. The average Bonchev–Trinajstić information content (AvgIpc) is 3.61. The normalized spacial score (nSPS) is 13.4. The first-order chi connectivity index (χ1) is 23.1. The van der Waals surface area contributed by atoms with Gasteiger partial charge in [0.1, 0.15) is 38.2 Å². The largest absolute Gasteiger partial charge is 0.466 e. The molecule has 0 aliphatic rings. The number of aliphatic hydroxyl groups excluding tert-OH is 1. The van der Waals surface area contributed by atoms with Crippen LogP contribution in [0.3, 0.4) is 0 Å². The summed E-state index contributed by atoms with van der Waals surface area (Å²) in [4.78, 5) is 25.8. The lowest BCUT2D eigenvalue weighted by molar-refractivity contribution is -0.137. The number of esters is 1. The highest BCUT2D eigenvalue weighted by Gasteiger charge is 2.34. The topological polar surface area (TPSA) is 130 Å². The fourth-order valence-electron chi connectivity index (χ4n) is 4.13. The minimum absolute atomic E-state index is 0.0484. The molecular weight excluding hydrogens is 667 g/mol. The van der Waals surface area contributed by atoms with Crippen molar-refractivity contribution < 1.29 is 42.2 Å². The predicted octanol–water partition coefficient (Wildman–Crippen LogP) is 7.09. The first-order valence-electron chi connectivity index (χ1n) is 14.7. The van der Waals surface area contributed by atoms with E-state index in [1.807, 2.05) is 20.8 Å². The lowest BCUT2D eigenvalue weighted by atomic mass is 9.88. The lowest BCUT2D eigenvalue weighted by Crippen LogP contribution is -2.38. The fourth-order valence-corrected chi connectivity index (χ4v) is 4.25. The standard InChI is InChI=1S/C20H19F3N2O4.C14H18ClN3O2/c1-13(14-8-6-9-16(11-14)20(21,22)23)24-29-12-15-7-4-5-10-17(15)18(25-28-3)19(26)27-2;1-14(2,3)12(19)13(18-9-16-8-17-18)20-11-6-4-10(15)5-7-11/h4-11H,12H2,1-3H3;4-9,12-13,19H,1-3H3/b24-13+,25-18+;. The Morgan fingerprint density at radius 2 is 1.69 bits per heavy atom. The third kappa shape index (κ3) is 11.3. The molecule has 1 heterocycles. The van der Waals surface area contributed by atoms with E-state index in [4.69, 9.17) is 30.7 Å². The van der Waals surface area contributed by atoms with Crippen molar-refractivity contribution in [1.82, 2.24) is 14.8 Å². The molecule has 0 saturated carbocycles. The summed E-state index contributed by atoms with van der Waals surface area (Å²) in [6, 6.07) is 18.5. The number of hydrogen-bond acceptors (Lipinski definition) is 10. The van der Waals surface area contributed by atoms with E-state index in [0.29, 0.717) is 21.9 Å². The van der Waals surface area contributed by atoms with Gasteiger partial charge in [-0.1, -0.05) is 79.1 Å². The Bertz CT molecular complexity index is 1710. The highest BCUT2D eigenvalue weighted by Crippen LogP contribution is 2.31. The van der Waals surface area contributed by atoms with Crippen molar-refractivity contribution in [2.45, 2.75) is 52.8 Å². The van der Waals surface area contributed by atoms with Crippen molar-refractivity contribution >= 4 is 29.0 Å². The monoisotopic (exact) mass is 703 g/mol. The zero-order valence-corrected chi connectivity index (χ0v) is 28.4. The van der Waals surface area contributed by atoms with Crippen LogP contribution in [0.15, 0.2) is 95.8 Å². The van der Waals surface area contributed by atoms with Gasteiger partial charge in [0.15, 0.2) is 5.71 Å². The van der Waals surface area contributed by atoms with Crippen LogP contribution in [0.5, 0.6) is 5.75 Å². The van der Waals surface area contributed by atoms with Crippen molar-refractivity contribution in [1.29, 1.82) is 0 Å². The van der Waals surface area contributed by atoms with Crippen LogP contribution in [0.25, 0.3) is 0 Å². The van der Waals surface area contributed by atoms with Gasteiger partial charge in [-0.3, -0.25) is 0 Å². The van der Waals surface area contributed by atoms with Gasteiger partial charge in [-0.25, -0.2) is 14.5 Å². The highest BCUT2D eigenvalue weighted by molar-refractivity contribution is 6.43. The first kappa shape index (κ1) is 38.5. The summed E-state index contributed by atoms with van der Waals surface area (Å²) < 4.78 is 50.6. The minimum Gasteiger partial charge on any atom is -0.466 e. The molecule has 2 atom stereocenters. The number of ether oxygens (including phenoxy) is 2. The molecule has 4 rings (SSSR count). The smallest absolute Gasteiger partial charge is 0.416 e. The van der Waals surface area contributed by atoms with Crippen LogP contribution in [0, 0.1) is 5.41 Å². The van der Waals surface area contributed by atoms with Crippen molar-refractivity contribution in [3.63, 3.8) is 0 Å². The number of oxime groups is 2. The number of carbonyl (C=O) groups is 1. The summed E-state index contributed by atoms with van der Waals surface area (Å²) >= 11 is 5.85. The molecule has 15 heteroatoms. The molecule has 0 aliphatic carbocycles. The number of carbonyl (C=O) groups excluding carboxylic acids is 1. The summed E-state index contributed by atoms with van der Waals surface area (Å²) in [5.41, 5.74) is 0.364. The van der Waals surface area contributed by atoms with Crippen molar-refractivity contribution in [3.8, 4) is 5.75 Å². The van der Waals surface area contributed by atoms with E-state index >= 15 is 0 Å². The number of benzene rings is 3. The van der Waals surface area contributed by atoms with Crippen LogP contribution in [0.2, 0.25) is 5.02 Å². The SMILES string of the molecule is CC(C)(C)C(O)C(Oc1ccc(Cl)cc1)n1cncn1.CO/N=C(/C(=O)OC)c1ccccc1CO/N=C(\C)c1cccc(C(F)(F)F)c1. The van der Waals surface area contributed by atoms with E-state index in [9.17, 15) is 23.1 Å². The van der Waals surface area contributed by atoms with E-state index in [-0.39, 0.29) is 29.0 Å². The Morgan fingerprint density at radius 1 is 1.00 bits per heavy atom. The maximum absolute atomic E-state index is 12.9. The molecule has 0 saturated heterocycles. The van der Waals surface area contributed by atoms with Crippen LogP contribution in [0.1, 0.15) is 56.2 Å². The number of halogens is 4. The van der Waals surface area contributed by atoms with Crippen LogP contribution in [0.4, 0.5) is 13.2 Å². The molecule has 0 aliphatic heterocycles. The van der Waals surface area contributed by atoms with Gasteiger partial charge in [-0.15, -0.1) is 0 Å². The molecular formula is C34H37ClF3N5O6. The number of methoxy groups -OCH3 is 1. The van der Waals surface area contributed by atoms with E-state index in [2.05, 4.69) is 20.4 Å². The number of hydrogen-bond donors (Lipinski definition) is 1. The van der Waals surface area contributed by atoms with Crippen molar-refractivity contribution in [3.05, 3.63) is 113 Å². The van der Waals surface area contributed by atoms with Crippen LogP contribution in [-0.4, -0.2) is 57.6 Å². The number of alkyl halides is 3. The molecule has 1 N–H and O–H groups in total. The second kappa shape index (κ2) is 17.4. The van der Waals surface area contributed by atoms with Crippen molar-refractivity contribution in [2.75, 3.05) is 14.2 Å². The maximum Gasteiger partial charge on any atom is 0.416 e. The Hall–Kier alpha value is -4.95. The minimum atomic E-state index is -4.44. The molecule has 262 valence electrons. The highest BCUT2D eigenvalue weighted by atomic mass is 35.5. The van der Waals surface area contributed by atoms with E-state index in [1.165, 1.54) is 50.6 Å². The molecule has 4 aromatic rings. The third-order valence-corrected chi connectivity index (χ3v) is 7.04. The van der Waals surface area contributed by atoms with E-state index in [1.54, 1.807) is 48.5 Å². The average molecular weight is 704 g/mol. The van der Waals surface area contributed by atoms with Crippen LogP contribution >= 0.6 is 11.6 Å². The molecule has 11 nitrogen and oxygen atoms in total. The van der Waals surface area contributed by atoms with Gasteiger partial charge in [-0.05, 0) is 54.3 Å². The second-order valence-electron chi connectivity index (χ2n) is 11.4. The number of aliphatic hydroxyl groups is 1. The van der Waals surface area contributed by atoms with E-state index < -0.39 is 30.0 Å². The second-order valence-corrected chi connectivity index (χ2v) is 11.9. The lowest BCUT2D eigenvalue weighted by Gasteiger charge is -2.32. The Kier molecular flexibility index (Phi) is 13.7. The number of aromatic nitrogens is 3. The molecule has 0 amide bonds. The maximum atomic E-state index is 12.9. The molecule has 2 unspecified atom stereocenters. The van der Waals surface area contributed by atoms with Gasteiger partial charge in [0.05, 0.1) is 18.4 Å². The van der Waals surface area contributed by atoms with Gasteiger partial charge in [0.25, 0.3) is 0 Å². The number of nitrogens with zero attached hydrogens (tertiary/aromatic N) is 5. The summed E-state index contributed by atoms with van der Waals surface area (Å²) in [6.45, 7) is 7.30. The zero-order valence-electron chi connectivity index (χ0n) is 27.7. The molecule has 1 aromatic heterocycles. The van der Waals surface area contributed by atoms with E-state index in [0.717, 1.165) is 12.1 Å². The molecule has 3 aromatic carbocycles. The van der Waals surface area contributed by atoms with Gasteiger partial charge < -0.3 is 24.3 Å². The third-order valence-electron chi connectivity index (χ3n) is 6.79. The summed E-state index contributed by atoms with van der Waals surface area (Å²) in [7, 11) is 2.51. The Labute approximate surface area is 286 Å². The predicted molar refractivity (Wildman–Crippen MR) is 177 cm³/mol. The molecule has 0 fully saturated rings.